The van der Waals surface area contributed by atoms with Gasteiger partial charge in [-0.1, -0.05) is 0 Å². The first-order chi connectivity index (χ1) is 9.13. The molecule has 0 saturated heterocycles. The van der Waals surface area contributed by atoms with Gasteiger partial charge in [0.25, 0.3) is 0 Å². The Morgan fingerprint density at radius 2 is 1.58 bits per heavy atom. The van der Waals surface area contributed by atoms with Gasteiger partial charge in [0.05, 0.1) is 31.3 Å². The largest absolute Gasteiger partial charge is 0.497 e. The molecule has 0 bridgehead atoms. The Bertz CT molecular complexity index is 588. The smallest absolute Gasteiger partial charge is 0.121 e. The lowest BCUT2D eigenvalue weighted by molar-refractivity contribution is 0.415. The van der Waals surface area contributed by atoms with Crippen molar-refractivity contribution in [3.63, 3.8) is 0 Å². The Kier molecular flexibility index (Phi) is 4.16. The maximum Gasteiger partial charge on any atom is 0.121 e. The zero-order chi connectivity index (χ0) is 13.8. The van der Waals surface area contributed by atoms with E-state index >= 15 is 0 Å². The highest BCUT2D eigenvalue weighted by atomic mass is 79.9. The lowest BCUT2D eigenvalue weighted by atomic mass is 10.2. The van der Waals surface area contributed by atoms with Crippen LogP contribution in [0, 0.1) is 0 Å². The van der Waals surface area contributed by atoms with E-state index in [2.05, 4.69) is 21.2 Å². The number of hydrogen-bond donors (Lipinski definition) is 2. The second-order valence-electron chi connectivity index (χ2n) is 3.92. The second-order valence-corrected chi connectivity index (χ2v) is 4.78. The minimum atomic E-state index is 0.620. The molecule has 0 spiro atoms. The maximum absolute atomic E-state index is 5.98. The summed E-state index contributed by atoms with van der Waals surface area (Å²) < 4.78 is 11.3. The molecule has 100 valence electrons. The number of rotatable bonds is 4. The highest BCUT2D eigenvalue weighted by molar-refractivity contribution is 9.10. The molecule has 0 aliphatic heterocycles. The first-order valence-electron chi connectivity index (χ1n) is 5.68. The second kappa shape index (κ2) is 5.84. The van der Waals surface area contributed by atoms with E-state index in [1.165, 1.54) is 0 Å². The normalized spacial score (nSPS) is 10.1. The molecule has 4 nitrogen and oxygen atoms in total. The number of benzene rings is 2. The summed E-state index contributed by atoms with van der Waals surface area (Å²) in [4.78, 5) is 0. The molecule has 2 rings (SSSR count). The van der Waals surface area contributed by atoms with E-state index in [4.69, 9.17) is 15.2 Å². The van der Waals surface area contributed by atoms with Crippen LogP contribution in [0.15, 0.2) is 40.9 Å². The molecule has 0 aliphatic carbocycles. The number of halogens is 1. The van der Waals surface area contributed by atoms with Crippen LogP contribution in [-0.2, 0) is 0 Å². The fraction of sp³-hybridized carbons (Fsp3) is 0.143. The third-order valence-corrected chi connectivity index (χ3v) is 3.39. The van der Waals surface area contributed by atoms with E-state index in [9.17, 15) is 0 Å². The fourth-order valence-corrected chi connectivity index (χ4v) is 2.00. The van der Waals surface area contributed by atoms with Crippen LogP contribution in [0.3, 0.4) is 0 Å². The molecule has 0 aromatic heterocycles. The number of anilines is 3. The standard InChI is InChI=1S/C14H15BrN2O2/c1-18-9-4-6-13(12(16)7-9)17-14-8-10(19-2)3-5-11(14)15/h3-8,17H,16H2,1-2H3. The third kappa shape index (κ3) is 3.12. The Labute approximate surface area is 120 Å². The van der Waals surface area contributed by atoms with Gasteiger partial charge in [0.15, 0.2) is 0 Å². The van der Waals surface area contributed by atoms with E-state index in [0.29, 0.717) is 5.69 Å². The van der Waals surface area contributed by atoms with Crippen molar-refractivity contribution >= 4 is 33.0 Å². The van der Waals surface area contributed by atoms with E-state index in [1.54, 1.807) is 20.3 Å². The number of nitrogens with one attached hydrogen (secondary N) is 1. The Balaban J connectivity index is 2.30. The maximum atomic E-state index is 5.98. The summed E-state index contributed by atoms with van der Waals surface area (Å²) in [5.41, 5.74) is 8.30. The predicted octanol–water partition coefficient (Wildman–Crippen LogP) is 3.79. The van der Waals surface area contributed by atoms with Gasteiger partial charge in [-0.15, -0.1) is 0 Å². The lowest BCUT2D eigenvalue weighted by Crippen LogP contribution is -1.98. The fourth-order valence-electron chi connectivity index (χ4n) is 1.65. The van der Waals surface area contributed by atoms with Crippen LogP contribution >= 0.6 is 15.9 Å². The van der Waals surface area contributed by atoms with Crippen molar-refractivity contribution in [2.75, 3.05) is 25.3 Å². The van der Waals surface area contributed by atoms with Gasteiger partial charge in [-0.05, 0) is 40.2 Å². The molecule has 0 radical (unpaired) electrons. The van der Waals surface area contributed by atoms with Crippen molar-refractivity contribution in [3.8, 4) is 11.5 Å². The number of ether oxygens (including phenoxy) is 2. The van der Waals surface area contributed by atoms with Crippen molar-refractivity contribution in [1.82, 2.24) is 0 Å². The summed E-state index contributed by atoms with van der Waals surface area (Å²) >= 11 is 3.49. The Morgan fingerprint density at radius 1 is 0.947 bits per heavy atom. The molecule has 0 atom stereocenters. The molecule has 2 aromatic carbocycles. The average molecular weight is 323 g/mol. The summed E-state index contributed by atoms with van der Waals surface area (Å²) in [6, 6.07) is 11.2. The van der Waals surface area contributed by atoms with Crippen LogP contribution in [0.4, 0.5) is 17.1 Å². The monoisotopic (exact) mass is 322 g/mol. The summed E-state index contributed by atoms with van der Waals surface area (Å²) in [7, 11) is 3.25. The molecule has 0 amide bonds. The van der Waals surface area contributed by atoms with Gasteiger partial charge in [-0.2, -0.15) is 0 Å². The molecule has 0 aliphatic rings. The van der Waals surface area contributed by atoms with Crippen molar-refractivity contribution < 1.29 is 9.47 Å². The van der Waals surface area contributed by atoms with E-state index in [-0.39, 0.29) is 0 Å². The number of hydrogen-bond acceptors (Lipinski definition) is 4. The highest BCUT2D eigenvalue weighted by Gasteiger charge is 2.06. The first-order valence-corrected chi connectivity index (χ1v) is 6.47. The van der Waals surface area contributed by atoms with E-state index < -0.39 is 0 Å². The third-order valence-electron chi connectivity index (χ3n) is 2.70. The Hall–Kier alpha value is -1.88. The van der Waals surface area contributed by atoms with Crippen LogP contribution < -0.4 is 20.5 Å². The van der Waals surface area contributed by atoms with Gasteiger partial charge in [0, 0.05) is 16.6 Å². The van der Waals surface area contributed by atoms with Crippen LogP contribution in [0.2, 0.25) is 0 Å². The summed E-state index contributed by atoms with van der Waals surface area (Å²) in [5, 5.41) is 3.26. The van der Waals surface area contributed by atoms with Gasteiger partial charge in [0.2, 0.25) is 0 Å². The highest BCUT2D eigenvalue weighted by Crippen LogP contribution is 2.33. The summed E-state index contributed by atoms with van der Waals surface area (Å²) in [6.45, 7) is 0. The van der Waals surface area contributed by atoms with Gasteiger partial charge < -0.3 is 20.5 Å². The van der Waals surface area contributed by atoms with Gasteiger partial charge >= 0.3 is 0 Å². The van der Waals surface area contributed by atoms with Crippen LogP contribution in [0.1, 0.15) is 0 Å². The van der Waals surface area contributed by atoms with E-state index in [0.717, 1.165) is 27.3 Å². The minimum absolute atomic E-state index is 0.620. The molecule has 2 aromatic rings. The quantitative estimate of drug-likeness (QED) is 0.841. The zero-order valence-corrected chi connectivity index (χ0v) is 12.3. The van der Waals surface area contributed by atoms with Crippen molar-refractivity contribution in [1.29, 1.82) is 0 Å². The van der Waals surface area contributed by atoms with Crippen molar-refractivity contribution in [3.05, 3.63) is 40.9 Å². The Morgan fingerprint density at radius 3 is 2.21 bits per heavy atom. The molecule has 0 unspecified atom stereocenters. The number of nitrogen functional groups attached to an aromatic ring is 1. The van der Waals surface area contributed by atoms with Crippen molar-refractivity contribution in [2.45, 2.75) is 0 Å². The summed E-state index contributed by atoms with van der Waals surface area (Å²) in [5.74, 6) is 1.51. The molecule has 0 fully saturated rings. The predicted molar refractivity (Wildman–Crippen MR) is 81.4 cm³/mol. The van der Waals surface area contributed by atoms with Gasteiger partial charge in [-0.25, -0.2) is 0 Å². The topological polar surface area (TPSA) is 56.5 Å². The van der Waals surface area contributed by atoms with Gasteiger partial charge in [-0.3, -0.25) is 0 Å². The number of methoxy groups -OCH3 is 2. The van der Waals surface area contributed by atoms with Crippen LogP contribution in [0.5, 0.6) is 11.5 Å². The molecule has 19 heavy (non-hydrogen) atoms. The summed E-state index contributed by atoms with van der Waals surface area (Å²) in [6.07, 6.45) is 0. The minimum Gasteiger partial charge on any atom is -0.497 e. The molecule has 5 heteroatoms. The molecule has 0 heterocycles. The number of nitrogens with two attached hydrogens (primary N) is 1. The molecular weight excluding hydrogens is 308 g/mol. The zero-order valence-electron chi connectivity index (χ0n) is 10.7. The molecular formula is C14H15BrN2O2. The average Bonchev–Trinajstić information content (AvgIpc) is 2.43. The van der Waals surface area contributed by atoms with Crippen molar-refractivity contribution in [2.24, 2.45) is 0 Å². The van der Waals surface area contributed by atoms with Gasteiger partial charge in [0.1, 0.15) is 11.5 Å². The lowest BCUT2D eigenvalue weighted by Gasteiger charge is -2.13. The van der Waals surface area contributed by atoms with E-state index in [1.807, 2.05) is 30.3 Å². The first kappa shape index (κ1) is 13.5. The van der Waals surface area contributed by atoms with Crippen LogP contribution in [0.25, 0.3) is 0 Å². The molecule has 3 N–H and O–H groups in total. The SMILES string of the molecule is COc1ccc(Nc2cc(OC)ccc2Br)c(N)c1. The molecule has 0 saturated carbocycles. The van der Waals surface area contributed by atoms with Crippen LogP contribution in [-0.4, -0.2) is 14.2 Å².